The van der Waals surface area contributed by atoms with Crippen LogP contribution in [0.5, 0.6) is 11.5 Å². The van der Waals surface area contributed by atoms with Gasteiger partial charge in [-0.25, -0.2) is 0 Å². The van der Waals surface area contributed by atoms with Crippen LogP contribution in [0.15, 0.2) is 48.5 Å². The van der Waals surface area contributed by atoms with E-state index in [0.717, 1.165) is 6.42 Å². The fourth-order valence-electron chi connectivity index (χ4n) is 3.47. The Morgan fingerprint density at radius 1 is 1.07 bits per heavy atom. The van der Waals surface area contributed by atoms with Gasteiger partial charge in [0.2, 0.25) is 5.91 Å². The van der Waals surface area contributed by atoms with Gasteiger partial charge in [0, 0.05) is 5.56 Å². The maximum atomic E-state index is 12.9. The van der Waals surface area contributed by atoms with Crippen molar-refractivity contribution in [1.82, 2.24) is 10.2 Å². The quantitative estimate of drug-likeness (QED) is 0.571. The van der Waals surface area contributed by atoms with Crippen LogP contribution in [0.4, 0.5) is 0 Å². The van der Waals surface area contributed by atoms with Crippen molar-refractivity contribution in [2.75, 3.05) is 27.3 Å². The molecule has 1 atom stereocenters. The SMILES string of the molecule is COc1ccc(OC)c(C(=O)CN2CCC[C@H]2C(=O)NC(=O)c2ccccc2)c1. The predicted molar refractivity (Wildman–Crippen MR) is 107 cm³/mol. The zero-order chi connectivity index (χ0) is 20.8. The Balaban J connectivity index is 1.68. The Labute approximate surface area is 169 Å². The molecule has 1 aliphatic heterocycles. The zero-order valence-electron chi connectivity index (χ0n) is 16.5. The molecule has 1 saturated heterocycles. The van der Waals surface area contributed by atoms with E-state index in [1.807, 2.05) is 0 Å². The number of likely N-dealkylation sites (tertiary alicyclic amines) is 1. The fourth-order valence-corrected chi connectivity index (χ4v) is 3.47. The summed E-state index contributed by atoms with van der Waals surface area (Å²) >= 11 is 0. The minimum absolute atomic E-state index is 0.0567. The van der Waals surface area contributed by atoms with Gasteiger partial charge in [0.15, 0.2) is 5.78 Å². The first-order valence-corrected chi connectivity index (χ1v) is 9.43. The third kappa shape index (κ3) is 4.81. The van der Waals surface area contributed by atoms with Crippen molar-refractivity contribution >= 4 is 17.6 Å². The van der Waals surface area contributed by atoms with Crippen LogP contribution < -0.4 is 14.8 Å². The van der Waals surface area contributed by atoms with Crippen molar-refractivity contribution in [3.8, 4) is 11.5 Å². The first-order chi connectivity index (χ1) is 14.0. The molecular formula is C22H24N2O5. The fraction of sp³-hybridized carbons (Fsp3) is 0.318. The van der Waals surface area contributed by atoms with Gasteiger partial charge in [-0.15, -0.1) is 0 Å². The monoisotopic (exact) mass is 396 g/mol. The van der Waals surface area contributed by atoms with Gasteiger partial charge < -0.3 is 9.47 Å². The number of imide groups is 1. The summed E-state index contributed by atoms with van der Waals surface area (Å²) < 4.78 is 10.5. The number of hydrogen-bond acceptors (Lipinski definition) is 6. The Bertz CT molecular complexity index is 897. The van der Waals surface area contributed by atoms with E-state index in [4.69, 9.17) is 9.47 Å². The second-order valence-corrected chi connectivity index (χ2v) is 6.80. The van der Waals surface area contributed by atoms with Gasteiger partial charge in [-0.3, -0.25) is 24.6 Å². The summed E-state index contributed by atoms with van der Waals surface area (Å²) in [6.07, 6.45) is 1.37. The van der Waals surface area contributed by atoms with Gasteiger partial charge in [-0.1, -0.05) is 18.2 Å². The van der Waals surface area contributed by atoms with E-state index in [9.17, 15) is 14.4 Å². The second kappa shape index (κ2) is 9.34. The number of ether oxygens (including phenoxy) is 2. The van der Waals surface area contributed by atoms with E-state index in [1.165, 1.54) is 14.2 Å². The first kappa shape index (κ1) is 20.5. The predicted octanol–water partition coefficient (Wildman–Crippen LogP) is 2.31. The van der Waals surface area contributed by atoms with Crippen molar-refractivity contribution in [2.45, 2.75) is 18.9 Å². The molecule has 0 unspecified atom stereocenters. The Morgan fingerprint density at radius 2 is 1.83 bits per heavy atom. The Kier molecular flexibility index (Phi) is 6.61. The number of Topliss-reactive ketones (excluding diaryl/α,β-unsaturated/α-hetero) is 1. The third-order valence-corrected chi connectivity index (χ3v) is 4.99. The number of hydrogen-bond donors (Lipinski definition) is 1. The molecule has 0 radical (unpaired) electrons. The van der Waals surface area contributed by atoms with Crippen LogP contribution in [0, 0.1) is 0 Å². The number of carbonyl (C=O) groups excluding carboxylic acids is 3. The molecule has 7 nitrogen and oxygen atoms in total. The number of amides is 2. The van der Waals surface area contributed by atoms with Crippen LogP contribution in [0.25, 0.3) is 0 Å². The molecule has 1 aliphatic rings. The molecule has 0 aromatic heterocycles. The molecular weight excluding hydrogens is 372 g/mol. The Hall–Kier alpha value is -3.19. The molecule has 2 aromatic rings. The largest absolute Gasteiger partial charge is 0.497 e. The maximum absolute atomic E-state index is 12.9. The molecule has 0 saturated carbocycles. The van der Waals surface area contributed by atoms with Crippen LogP contribution in [0.1, 0.15) is 33.6 Å². The molecule has 1 fully saturated rings. The first-order valence-electron chi connectivity index (χ1n) is 9.43. The Morgan fingerprint density at radius 3 is 2.52 bits per heavy atom. The highest BCUT2D eigenvalue weighted by atomic mass is 16.5. The highest BCUT2D eigenvalue weighted by Gasteiger charge is 2.33. The van der Waals surface area contributed by atoms with Crippen molar-refractivity contribution < 1.29 is 23.9 Å². The van der Waals surface area contributed by atoms with Crippen molar-refractivity contribution in [1.29, 1.82) is 0 Å². The lowest BCUT2D eigenvalue weighted by Crippen LogP contribution is -2.46. The number of carbonyl (C=O) groups is 3. The number of methoxy groups -OCH3 is 2. The third-order valence-electron chi connectivity index (χ3n) is 4.99. The highest BCUT2D eigenvalue weighted by Crippen LogP contribution is 2.26. The van der Waals surface area contributed by atoms with Crippen LogP contribution in [-0.4, -0.2) is 55.8 Å². The minimum Gasteiger partial charge on any atom is -0.497 e. The normalized spacial score (nSPS) is 16.3. The summed E-state index contributed by atoms with van der Waals surface area (Å²) in [5, 5.41) is 2.45. The molecule has 29 heavy (non-hydrogen) atoms. The van der Waals surface area contributed by atoms with Gasteiger partial charge >= 0.3 is 0 Å². The topological polar surface area (TPSA) is 84.9 Å². The van der Waals surface area contributed by atoms with Crippen LogP contribution in [0.2, 0.25) is 0 Å². The summed E-state index contributed by atoms with van der Waals surface area (Å²) in [4.78, 5) is 39.6. The minimum atomic E-state index is -0.525. The summed E-state index contributed by atoms with van der Waals surface area (Å²) in [5.41, 5.74) is 0.820. The average molecular weight is 396 g/mol. The van der Waals surface area contributed by atoms with Crippen molar-refractivity contribution in [2.24, 2.45) is 0 Å². The molecule has 3 rings (SSSR count). The lowest BCUT2D eigenvalue weighted by Gasteiger charge is -2.23. The zero-order valence-corrected chi connectivity index (χ0v) is 16.5. The van der Waals surface area contributed by atoms with Gasteiger partial charge in [0.1, 0.15) is 11.5 Å². The van der Waals surface area contributed by atoms with Crippen LogP contribution in [-0.2, 0) is 4.79 Å². The average Bonchev–Trinajstić information content (AvgIpc) is 3.22. The molecule has 0 aliphatic carbocycles. The van der Waals surface area contributed by atoms with Gasteiger partial charge in [-0.05, 0) is 49.7 Å². The molecule has 152 valence electrons. The molecule has 7 heteroatoms. The van der Waals surface area contributed by atoms with E-state index in [1.54, 1.807) is 53.4 Å². The van der Waals surface area contributed by atoms with E-state index in [-0.39, 0.29) is 18.2 Å². The number of ketones is 1. The lowest BCUT2D eigenvalue weighted by molar-refractivity contribution is -0.124. The summed E-state index contributed by atoms with van der Waals surface area (Å²) in [5.74, 6) is 0.00779. The summed E-state index contributed by atoms with van der Waals surface area (Å²) in [6.45, 7) is 0.663. The number of nitrogens with zero attached hydrogens (tertiary/aromatic N) is 1. The summed E-state index contributed by atoms with van der Waals surface area (Å²) in [7, 11) is 3.03. The molecule has 0 bridgehead atoms. The molecule has 1 heterocycles. The molecule has 0 spiro atoms. The summed E-state index contributed by atoms with van der Waals surface area (Å²) in [6, 6.07) is 13.1. The number of nitrogens with one attached hydrogen (secondary N) is 1. The van der Waals surface area contributed by atoms with Gasteiger partial charge in [0.25, 0.3) is 5.91 Å². The standard InChI is InChI=1S/C22H24N2O5/c1-28-16-10-11-20(29-2)17(13-16)19(25)14-24-12-6-9-18(24)22(27)23-21(26)15-7-4-3-5-8-15/h3-5,7-8,10-11,13,18H,6,9,12,14H2,1-2H3,(H,23,26,27)/t18-/m0/s1. The van der Waals surface area contributed by atoms with Crippen molar-refractivity contribution in [3.05, 3.63) is 59.7 Å². The smallest absolute Gasteiger partial charge is 0.257 e. The van der Waals surface area contributed by atoms with Gasteiger partial charge in [0.05, 0.1) is 32.4 Å². The highest BCUT2D eigenvalue weighted by molar-refractivity contribution is 6.06. The second-order valence-electron chi connectivity index (χ2n) is 6.80. The number of benzene rings is 2. The van der Waals surface area contributed by atoms with Crippen LogP contribution in [0.3, 0.4) is 0 Å². The van der Waals surface area contributed by atoms with Crippen molar-refractivity contribution in [3.63, 3.8) is 0 Å². The molecule has 2 amide bonds. The molecule has 2 aromatic carbocycles. The lowest BCUT2D eigenvalue weighted by atomic mass is 10.1. The van der Waals surface area contributed by atoms with Gasteiger partial charge in [-0.2, -0.15) is 0 Å². The maximum Gasteiger partial charge on any atom is 0.257 e. The van der Waals surface area contributed by atoms with E-state index in [2.05, 4.69) is 5.32 Å². The van der Waals surface area contributed by atoms with E-state index >= 15 is 0 Å². The van der Waals surface area contributed by atoms with E-state index < -0.39 is 11.9 Å². The number of rotatable bonds is 7. The van der Waals surface area contributed by atoms with E-state index in [0.29, 0.717) is 35.6 Å². The molecule has 1 N–H and O–H groups in total. The van der Waals surface area contributed by atoms with Crippen LogP contribution >= 0.6 is 0 Å².